The Morgan fingerprint density at radius 1 is 1.25 bits per heavy atom. The molecule has 0 unspecified atom stereocenters. The van der Waals surface area contributed by atoms with Crippen molar-refractivity contribution in [1.82, 2.24) is 14.9 Å². The number of nitrogens with one attached hydrogen (secondary N) is 1. The molecule has 2 aromatic carbocycles. The first-order chi connectivity index (χ1) is 11.6. The zero-order chi connectivity index (χ0) is 16.7. The molecule has 0 spiro atoms. The van der Waals surface area contributed by atoms with Gasteiger partial charge in [0.2, 0.25) is 0 Å². The molecule has 1 N–H and O–H groups in total. The molecule has 2 aromatic heterocycles. The molecular weight excluding hydrogens is 370 g/mol. The Balaban J connectivity index is 1.56. The first-order valence-electron chi connectivity index (χ1n) is 7.50. The Kier molecular flexibility index (Phi) is 3.61. The van der Waals surface area contributed by atoms with Crippen LogP contribution in [0.2, 0.25) is 0 Å². The van der Waals surface area contributed by atoms with Crippen molar-refractivity contribution < 1.29 is 9.21 Å². The third kappa shape index (κ3) is 2.49. The predicted molar refractivity (Wildman–Crippen MR) is 95.8 cm³/mol. The van der Waals surface area contributed by atoms with Crippen molar-refractivity contribution in [3.8, 4) is 0 Å². The maximum Gasteiger partial charge on any atom is 0.287 e. The molecule has 1 amide bonds. The van der Waals surface area contributed by atoms with Crippen LogP contribution in [0.5, 0.6) is 0 Å². The Labute approximate surface area is 146 Å². The van der Waals surface area contributed by atoms with Crippen molar-refractivity contribution in [1.29, 1.82) is 0 Å². The minimum Gasteiger partial charge on any atom is -0.450 e. The fourth-order valence-corrected chi connectivity index (χ4v) is 3.20. The Hall–Kier alpha value is -2.60. The molecule has 0 fully saturated rings. The SMILES string of the molecule is Cn1c(CNC(=O)c2cc3cccc(Br)c3o2)nc2ccccc21. The molecule has 0 radical (unpaired) electrons. The average molecular weight is 384 g/mol. The van der Waals surface area contributed by atoms with E-state index in [4.69, 9.17) is 4.42 Å². The fourth-order valence-electron chi connectivity index (χ4n) is 2.74. The summed E-state index contributed by atoms with van der Waals surface area (Å²) in [6.07, 6.45) is 0. The van der Waals surface area contributed by atoms with Crippen LogP contribution < -0.4 is 5.32 Å². The second kappa shape index (κ2) is 5.79. The molecule has 0 bridgehead atoms. The van der Waals surface area contributed by atoms with E-state index in [1.807, 2.05) is 54.1 Å². The maximum atomic E-state index is 12.4. The Morgan fingerprint density at radius 2 is 2.08 bits per heavy atom. The summed E-state index contributed by atoms with van der Waals surface area (Å²) in [5, 5.41) is 3.75. The number of halogens is 1. The van der Waals surface area contributed by atoms with Crippen LogP contribution in [0.4, 0.5) is 0 Å². The van der Waals surface area contributed by atoms with Crippen molar-refractivity contribution in [2.75, 3.05) is 0 Å². The van der Waals surface area contributed by atoms with E-state index >= 15 is 0 Å². The molecule has 0 atom stereocenters. The van der Waals surface area contributed by atoms with Crippen LogP contribution >= 0.6 is 15.9 Å². The highest BCUT2D eigenvalue weighted by Gasteiger charge is 2.15. The molecule has 0 aliphatic rings. The van der Waals surface area contributed by atoms with Gasteiger partial charge in [0, 0.05) is 12.4 Å². The quantitative estimate of drug-likeness (QED) is 0.581. The van der Waals surface area contributed by atoms with E-state index in [1.54, 1.807) is 6.07 Å². The zero-order valence-corrected chi connectivity index (χ0v) is 14.5. The molecule has 4 rings (SSSR count). The van der Waals surface area contributed by atoms with Crippen molar-refractivity contribution in [3.63, 3.8) is 0 Å². The minimum absolute atomic E-state index is 0.259. The number of furan rings is 1. The van der Waals surface area contributed by atoms with Gasteiger partial charge in [-0.1, -0.05) is 24.3 Å². The van der Waals surface area contributed by atoms with Crippen LogP contribution in [0.3, 0.4) is 0 Å². The van der Waals surface area contributed by atoms with Crippen LogP contribution in [0.1, 0.15) is 16.4 Å². The molecule has 6 heteroatoms. The molecular formula is C18H14BrN3O2. The van der Waals surface area contributed by atoms with E-state index in [-0.39, 0.29) is 11.7 Å². The lowest BCUT2D eigenvalue weighted by Gasteiger charge is -2.03. The van der Waals surface area contributed by atoms with Crippen LogP contribution in [0, 0.1) is 0 Å². The lowest BCUT2D eigenvalue weighted by Crippen LogP contribution is -2.23. The third-order valence-electron chi connectivity index (χ3n) is 4.01. The highest BCUT2D eigenvalue weighted by molar-refractivity contribution is 9.10. The smallest absolute Gasteiger partial charge is 0.287 e. The summed E-state index contributed by atoms with van der Waals surface area (Å²) in [6.45, 7) is 0.336. The number of carbonyl (C=O) groups is 1. The number of fused-ring (bicyclic) bond motifs is 2. The minimum atomic E-state index is -0.259. The van der Waals surface area contributed by atoms with Gasteiger partial charge >= 0.3 is 0 Å². The van der Waals surface area contributed by atoms with Gasteiger partial charge in [-0.25, -0.2) is 4.98 Å². The van der Waals surface area contributed by atoms with E-state index in [2.05, 4.69) is 26.2 Å². The van der Waals surface area contributed by atoms with Crippen molar-refractivity contribution in [3.05, 3.63) is 64.6 Å². The molecule has 24 heavy (non-hydrogen) atoms. The molecule has 4 aromatic rings. The summed E-state index contributed by atoms with van der Waals surface area (Å²) < 4.78 is 8.46. The molecule has 0 aliphatic carbocycles. The second-order valence-corrected chi connectivity index (χ2v) is 6.38. The number of carbonyl (C=O) groups excluding carboxylic acids is 1. The highest BCUT2D eigenvalue weighted by atomic mass is 79.9. The number of rotatable bonds is 3. The standard InChI is InChI=1S/C18H14BrN3O2/c1-22-14-8-3-2-7-13(14)21-16(22)10-20-18(23)15-9-11-5-4-6-12(19)17(11)24-15/h2-9H,10H2,1H3,(H,20,23). The van der Waals surface area contributed by atoms with Gasteiger partial charge in [0.1, 0.15) is 11.4 Å². The van der Waals surface area contributed by atoms with Gasteiger partial charge in [-0.15, -0.1) is 0 Å². The molecule has 0 aliphatic heterocycles. The average Bonchev–Trinajstić information content (AvgIpc) is 3.16. The summed E-state index contributed by atoms with van der Waals surface area (Å²) in [4.78, 5) is 16.9. The van der Waals surface area contributed by atoms with E-state index < -0.39 is 0 Å². The van der Waals surface area contributed by atoms with Gasteiger partial charge in [-0.05, 0) is 40.2 Å². The van der Waals surface area contributed by atoms with E-state index in [0.717, 1.165) is 26.7 Å². The number of hydrogen-bond donors (Lipinski definition) is 1. The largest absolute Gasteiger partial charge is 0.450 e. The third-order valence-corrected chi connectivity index (χ3v) is 4.63. The zero-order valence-electron chi connectivity index (χ0n) is 12.9. The van der Waals surface area contributed by atoms with Crippen LogP contribution in [-0.2, 0) is 13.6 Å². The van der Waals surface area contributed by atoms with Crippen LogP contribution in [-0.4, -0.2) is 15.5 Å². The molecule has 0 saturated carbocycles. The molecule has 2 heterocycles. The Morgan fingerprint density at radius 3 is 2.88 bits per heavy atom. The number of imidazole rings is 1. The monoisotopic (exact) mass is 383 g/mol. The highest BCUT2D eigenvalue weighted by Crippen LogP contribution is 2.27. The van der Waals surface area contributed by atoms with Gasteiger partial charge in [-0.2, -0.15) is 0 Å². The van der Waals surface area contributed by atoms with Gasteiger partial charge < -0.3 is 14.3 Å². The normalized spacial score (nSPS) is 11.2. The summed E-state index contributed by atoms with van der Waals surface area (Å²) >= 11 is 3.43. The van der Waals surface area contributed by atoms with Crippen LogP contribution in [0.15, 0.2) is 57.4 Å². The van der Waals surface area contributed by atoms with Gasteiger partial charge in [-0.3, -0.25) is 4.79 Å². The van der Waals surface area contributed by atoms with E-state index in [0.29, 0.717) is 12.1 Å². The number of para-hydroxylation sites is 3. The van der Waals surface area contributed by atoms with Crippen molar-refractivity contribution in [2.45, 2.75) is 6.54 Å². The summed E-state index contributed by atoms with van der Waals surface area (Å²) in [6, 6.07) is 15.3. The summed E-state index contributed by atoms with van der Waals surface area (Å²) in [5.74, 6) is 0.822. The lowest BCUT2D eigenvalue weighted by molar-refractivity contribution is 0.0924. The van der Waals surface area contributed by atoms with Crippen LogP contribution in [0.25, 0.3) is 22.0 Å². The van der Waals surface area contributed by atoms with Crippen molar-refractivity contribution >= 4 is 43.8 Å². The van der Waals surface area contributed by atoms with E-state index in [1.165, 1.54) is 0 Å². The molecule has 5 nitrogen and oxygen atoms in total. The number of amides is 1. The van der Waals surface area contributed by atoms with Gasteiger partial charge in [0.15, 0.2) is 5.76 Å². The number of nitrogens with zero attached hydrogens (tertiary/aromatic N) is 2. The number of hydrogen-bond acceptors (Lipinski definition) is 3. The second-order valence-electron chi connectivity index (χ2n) is 5.53. The predicted octanol–water partition coefficient (Wildman–Crippen LogP) is 4.01. The fraction of sp³-hybridized carbons (Fsp3) is 0.111. The summed E-state index contributed by atoms with van der Waals surface area (Å²) in [7, 11) is 1.94. The number of aromatic nitrogens is 2. The summed E-state index contributed by atoms with van der Waals surface area (Å²) in [5.41, 5.74) is 2.62. The molecule has 120 valence electrons. The topological polar surface area (TPSA) is 60.1 Å². The van der Waals surface area contributed by atoms with Gasteiger partial charge in [0.25, 0.3) is 5.91 Å². The lowest BCUT2D eigenvalue weighted by atomic mass is 10.2. The number of aryl methyl sites for hydroxylation is 1. The first kappa shape index (κ1) is 15.0. The van der Waals surface area contributed by atoms with Gasteiger partial charge in [0.05, 0.1) is 22.1 Å². The first-order valence-corrected chi connectivity index (χ1v) is 8.29. The van der Waals surface area contributed by atoms with Crippen molar-refractivity contribution in [2.24, 2.45) is 7.05 Å². The number of benzene rings is 2. The Bertz CT molecular complexity index is 1060. The molecule has 0 saturated heterocycles. The maximum absolute atomic E-state index is 12.4. The van der Waals surface area contributed by atoms with E-state index in [9.17, 15) is 4.79 Å².